The summed E-state index contributed by atoms with van der Waals surface area (Å²) in [5.41, 5.74) is -0.864. The van der Waals surface area contributed by atoms with Crippen LogP contribution in [0.25, 0.3) is 0 Å². The number of hydrogen-bond donors (Lipinski definition) is 2. The quantitative estimate of drug-likeness (QED) is 0.778. The summed E-state index contributed by atoms with van der Waals surface area (Å²) in [5, 5.41) is 12.0. The highest BCUT2D eigenvalue weighted by molar-refractivity contribution is 5.80. The van der Waals surface area contributed by atoms with Gasteiger partial charge in [-0.3, -0.25) is 9.59 Å². The number of aliphatic carboxylic acids is 1. The van der Waals surface area contributed by atoms with Gasteiger partial charge in [0.05, 0.1) is 5.41 Å². The van der Waals surface area contributed by atoms with Crippen LogP contribution >= 0.6 is 0 Å². The maximum atomic E-state index is 12.3. The zero-order valence-electron chi connectivity index (χ0n) is 13.2. The summed E-state index contributed by atoms with van der Waals surface area (Å²) < 4.78 is 0. The molecule has 1 atom stereocenters. The number of carboxylic acids is 1. The number of likely N-dealkylation sites (tertiary alicyclic amines) is 1. The van der Waals surface area contributed by atoms with Crippen LogP contribution < -0.4 is 5.32 Å². The van der Waals surface area contributed by atoms with E-state index < -0.39 is 11.4 Å². The smallest absolute Gasteiger partial charge is 0.319 e. The number of nitrogens with one attached hydrogen (secondary N) is 1. The Balaban J connectivity index is 2.65. The monoisotopic (exact) mass is 299 g/mol. The number of rotatable bonds is 5. The minimum Gasteiger partial charge on any atom is -0.481 e. The van der Waals surface area contributed by atoms with E-state index in [4.69, 9.17) is 0 Å². The first-order valence-electron chi connectivity index (χ1n) is 7.18. The predicted octanol–water partition coefficient (Wildman–Crippen LogP) is 0.607. The van der Waals surface area contributed by atoms with Crippen molar-refractivity contribution in [3.05, 3.63) is 0 Å². The molecule has 1 fully saturated rings. The van der Waals surface area contributed by atoms with E-state index in [9.17, 15) is 19.5 Å². The topological polar surface area (TPSA) is 90.0 Å². The van der Waals surface area contributed by atoms with Crippen molar-refractivity contribution in [1.29, 1.82) is 0 Å². The number of urea groups is 1. The lowest BCUT2D eigenvalue weighted by atomic mass is 9.76. The van der Waals surface area contributed by atoms with E-state index in [1.54, 1.807) is 19.0 Å². The van der Waals surface area contributed by atoms with Crippen molar-refractivity contribution in [2.45, 2.75) is 26.7 Å². The number of amides is 3. The molecule has 3 amide bonds. The van der Waals surface area contributed by atoms with Crippen LogP contribution in [0.1, 0.15) is 26.7 Å². The van der Waals surface area contributed by atoms with Crippen LogP contribution in [-0.4, -0.2) is 66.5 Å². The van der Waals surface area contributed by atoms with E-state index in [0.717, 1.165) is 0 Å². The van der Waals surface area contributed by atoms with Gasteiger partial charge in [-0.1, -0.05) is 13.8 Å². The Morgan fingerprint density at radius 2 is 2.00 bits per heavy atom. The van der Waals surface area contributed by atoms with Crippen LogP contribution in [0.4, 0.5) is 4.79 Å². The third-order valence-electron chi connectivity index (χ3n) is 4.38. The Morgan fingerprint density at radius 1 is 1.38 bits per heavy atom. The summed E-state index contributed by atoms with van der Waals surface area (Å²) in [4.78, 5) is 38.1. The van der Waals surface area contributed by atoms with Crippen LogP contribution in [0.15, 0.2) is 0 Å². The number of hydrogen-bond acceptors (Lipinski definition) is 3. The van der Waals surface area contributed by atoms with E-state index in [2.05, 4.69) is 5.32 Å². The fraction of sp³-hybridized carbons (Fsp3) is 0.786. The van der Waals surface area contributed by atoms with Crippen molar-refractivity contribution in [3.63, 3.8) is 0 Å². The second-order valence-electron chi connectivity index (χ2n) is 5.91. The molecule has 1 heterocycles. The van der Waals surface area contributed by atoms with Crippen LogP contribution in [0.3, 0.4) is 0 Å². The third-order valence-corrected chi connectivity index (χ3v) is 4.38. The molecule has 1 aliphatic heterocycles. The molecule has 0 aromatic carbocycles. The number of nitrogens with zero attached hydrogens (tertiary/aromatic N) is 2. The molecule has 0 aromatic heterocycles. The highest BCUT2D eigenvalue weighted by Gasteiger charge is 2.48. The minimum atomic E-state index is -0.864. The average molecular weight is 299 g/mol. The molecule has 21 heavy (non-hydrogen) atoms. The zero-order chi connectivity index (χ0) is 16.2. The lowest BCUT2D eigenvalue weighted by Gasteiger charge is -2.30. The van der Waals surface area contributed by atoms with Gasteiger partial charge in [0.25, 0.3) is 0 Å². The van der Waals surface area contributed by atoms with E-state index in [-0.39, 0.29) is 30.8 Å². The molecule has 1 unspecified atom stereocenters. The van der Waals surface area contributed by atoms with Crippen molar-refractivity contribution in [2.24, 2.45) is 11.3 Å². The van der Waals surface area contributed by atoms with Crippen molar-refractivity contribution >= 4 is 17.9 Å². The van der Waals surface area contributed by atoms with Crippen LogP contribution in [0.2, 0.25) is 0 Å². The van der Waals surface area contributed by atoms with Gasteiger partial charge >= 0.3 is 12.0 Å². The zero-order valence-corrected chi connectivity index (χ0v) is 13.2. The van der Waals surface area contributed by atoms with Crippen molar-refractivity contribution in [3.8, 4) is 0 Å². The predicted molar refractivity (Wildman–Crippen MR) is 77.8 cm³/mol. The van der Waals surface area contributed by atoms with Crippen molar-refractivity contribution in [1.82, 2.24) is 15.1 Å². The maximum absolute atomic E-state index is 12.3. The lowest BCUT2D eigenvalue weighted by molar-refractivity contribution is -0.150. The number of carboxylic acid groups (broad SMARTS) is 1. The second kappa shape index (κ2) is 6.78. The molecule has 1 aliphatic rings. The molecule has 0 spiro atoms. The Bertz CT molecular complexity index is 424. The molecule has 0 aromatic rings. The van der Waals surface area contributed by atoms with Gasteiger partial charge in [0.1, 0.15) is 0 Å². The van der Waals surface area contributed by atoms with Crippen LogP contribution in [0.5, 0.6) is 0 Å². The molecule has 120 valence electrons. The Labute approximate surface area is 125 Å². The van der Waals surface area contributed by atoms with Gasteiger partial charge in [-0.05, 0) is 12.3 Å². The van der Waals surface area contributed by atoms with Crippen LogP contribution in [0, 0.1) is 11.3 Å². The average Bonchev–Trinajstić information content (AvgIpc) is 2.90. The Hall–Kier alpha value is -1.79. The standard InChI is InChI=1S/C14H25N3O4/c1-10(2)14(12(19)20)6-8-17(9-14)13(21)16(4)7-5-11(18)15-3/h10H,5-9H2,1-4H3,(H,15,18)(H,19,20). The first kappa shape index (κ1) is 17.3. The van der Waals surface area contributed by atoms with E-state index in [0.29, 0.717) is 19.5 Å². The van der Waals surface area contributed by atoms with Crippen molar-refractivity contribution in [2.75, 3.05) is 33.7 Å². The van der Waals surface area contributed by atoms with Crippen LogP contribution in [-0.2, 0) is 9.59 Å². The Kier molecular flexibility index (Phi) is 5.57. The SMILES string of the molecule is CNC(=O)CCN(C)C(=O)N1CCC(C(=O)O)(C(C)C)C1. The second-order valence-corrected chi connectivity index (χ2v) is 5.91. The fourth-order valence-corrected chi connectivity index (χ4v) is 2.62. The summed E-state index contributed by atoms with van der Waals surface area (Å²) in [6, 6.07) is -0.220. The Morgan fingerprint density at radius 3 is 2.43 bits per heavy atom. The van der Waals surface area contributed by atoms with E-state index in [1.807, 2.05) is 13.8 Å². The normalized spacial score (nSPS) is 21.5. The molecule has 7 heteroatoms. The molecular formula is C14H25N3O4. The van der Waals surface area contributed by atoms with E-state index in [1.165, 1.54) is 4.90 Å². The minimum absolute atomic E-state index is 0.0380. The van der Waals surface area contributed by atoms with Gasteiger partial charge in [0.15, 0.2) is 0 Å². The van der Waals surface area contributed by atoms with Gasteiger partial charge in [-0.2, -0.15) is 0 Å². The summed E-state index contributed by atoms with van der Waals surface area (Å²) in [7, 11) is 3.18. The summed E-state index contributed by atoms with van der Waals surface area (Å²) in [6.07, 6.45) is 0.704. The summed E-state index contributed by atoms with van der Waals surface area (Å²) >= 11 is 0. The maximum Gasteiger partial charge on any atom is 0.319 e. The first-order valence-corrected chi connectivity index (χ1v) is 7.18. The molecule has 0 bridgehead atoms. The molecule has 1 saturated heterocycles. The third kappa shape index (κ3) is 3.65. The summed E-state index contributed by atoms with van der Waals surface area (Å²) in [5.74, 6) is -1.01. The van der Waals surface area contributed by atoms with E-state index >= 15 is 0 Å². The molecule has 0 aliphatic carbocycles. The molecule has 7 nitrogen and oxygen atoms in total. The highest BCUT2D eigenvalue weighted by atomic mass is 16.4. The molecule has 0 radical (unpaired) electrons. The van der Waals surface area contributed by atoms with Crippen molar-refractivity contribution < 1.29 is 19.5 Å². The number of carbonyl (C=O) groups excluding carboxylic acids is 2. The number of carbonyl (C=O) groups is 3. The van der Waals surface area contributed by atoms with Gasteiger partial charge in [0.2, 0.25) is 5.91 Å². The molecule has 1 rings (SSSR count). The fourth-order valence-electron chi connectivity index (χ4n) is 2.62. The van der Waals surface area contributed by atoms with Gasteiger partial charge in [-0.15, -0.1) is 0 Å². The molecule has 2 N–H and O–H groups in total. The van der Waals surface area contributed by atoms with Gasteiger partial charge in [0, 0.05) is 40.2 Å². The first-order chi connectivity index (χ1) is 9.74. The van der Waals surface area contributed by atoms with Gasteiger partial charge < -0.3 is 20.2 Å². The molecule has 0 saturated carbocycles. The van der Waals surface area contributed by atoms with Gasteiger partial charge in [-0.25, -0.2) is 4.79 Å². The molecular weight excluding hydrogens is 274 g/mol. The lowest BCUT2D eigenvalue weighted by Crippen LogP contribution is -2.45. The highest BCUT2D eigenvalue weighted by Crippen LogP contribution is 2.38. The largest absolute Gasteiger partial charge is 0.481 e. The summed E-state index contributed by atoms with van der Waals surface area (Å²) in [6.45, 7) is 4.72.